The second-order valence-corrected chi connectivity index (χ2v) is 12.0. The van der Waals surface area contributed by atoms with E-state index in [0.717, 1.165) is 43.9 Å². The van der Waals surface area contributed by atoms with Crippen molar-refractivity contribution in [3.8, 4) is 5.75 Å². The number of carbonyl (C=O) groups is 1. The normalized spacial score (nSPS) is 20.3. The van der Waals surface area contributed by atoms with Crippen LogP contribution in [0.25, 0.3) is 0 Å². The van der Waals surface area contributed by atoms with Crippen LogP contribution in [0.5, 0.6) is 5.75 Å². The Morgan fingerprint density at radius 1 is 0.762 bits per heavy atom. The average Bonchev–Trinajstić information content (AvgIpc) is 3.38. The number of rotatable bonds is 8. The maximum atomic E-state index is 11.4. The van der Waals surface area contributed by atoms with Gasteiger partial charge < -0.3 is 10.2 Å². The second-order valence-electron chi connectivity index (χ2n) is 12.0. The molecule has 0 amide bonds. The van der Waals surface area contributed by atoms with E-state index in [4.69, 9.17) is 0 Å². The Kier molecular flexibility index (Phi) is 8.11. The Morgan fingerprint density at radius 2 is 1.50 bits per heavy atom. The van der Waals surface area contributed by atoms with Crippen LogP contribution in [0.1, 0.15) is 63.6 Å². The number of carboxylic acid groups (broad SMARTS) is 1. The molecule has 0 saturated carbocycles. The fourth-order valence-corrected chi connectivity index (χ4v) is 6.72. The third kappa shape index (κ3) is 6.12. The smallest absolute Gasteiger partial charge is 0.335 e. The van der Waals surface area contributed by atoms with Gasteiger partial charge in [0.15, 0.2) is 0 Å². The van der Waals surface area contributed by atoms with Crippen LogP contribution in [0.15, 0.2) is 97.1 Å². The molecule has 2 heterocycles. The van der Waals surface area contributed by atoms with E-state index in [1.165, 1.54) is 22.3 Å². The first-order valence-electron chi connectivity index (χ1n) is 14.8. The standard InChI is InChI=1S/C36H39N3O3/c1-25-20-39(26(2)19-38(25)22-27-8-4-3-5-9-27)35(29-11-7-13-34(40)18-29)30-14-15-32-23-37(24-33(32)17-30)21-28-10-6-12-31(16-28)36(41)42/h3-18,25-26,35,40H,19-24H2,1-2H3,(H,41,42)/t25-,26+,35?/m1/s1. The van der Waals surface area contributed by atoms with Crippen LogP contribution >= 0.6 is 0 Å². The molecule has 2 aliphatic heterocycles. The van der Waals surface area contributed by atoms with Crippen LogP contribution in [-0.4, -0.2) is 56.1 Å². The third-order valence-corrected chi connectivity index (χ3v) is 8.82. The van der Waals surface area contributed by atoms with E-state index in [1.54, 1.807) is 18.2 Å². The highest BCUT2D eigenvalue weighted by Gasteiger charge is 2.35. The number of benzene rings is 4. The van der Waals surface area contributed by atoms with Crippen molar-refractivity contribution in [1.29, 1.82) is 0 Å². The topological polar surface area (TPSA) is 67.2 Å². The molecular formula is C36H39N3O3. The molecule has 3 atom stereocenters. The van der Waals surface area contributed by atoms with Crippen LogP contribution in [0, 0.1) is 0 Å². The van der Waals surface area contributed by atoms with E-state index in [9.17, 15) is 15.0 Å². The lowest BCUT2D eigenvalue weighted by molar-refractivity contribution is 0.0195. The lowest BCUT2D eigenvalue weighted by atomic mass is 9.91. The first kappa shape index (κ1) is 28.2. The Balaban J connectivity index is 1.24. The Labute approximate surface area is 248 Å². The quantitative estimate of drug-likeness (QED) is 0.264. The van der Waals surface area contributed by atoms with Gasteiger partial charge in [0.05, 0.1) is 11.6 Å². The van der Waals surface area contributed by atoms with E-state index in [0.29, 0.717) is 24.2 Å². The minimum Gasteiger partial charge on any atom is -0.508 e. The van der Waals surface area contributed by atoms with E-state index in [1.807, 2.05) is 24.3 Å². The molecule has 2 N–H and O–H groups in total. The fraction of sp³-hybridized carbons (Fsp3) is 0.306. The number of aromatic hydroxyl groups is 1. The van der Waals surface area contributed by atoms with Gasteiger partial charge in [-0.05, 0) is 71.5 Å². The van der Waals surface area contributed by atoms with Crippen molar-refractivity contribution in [2.75, 3.05) is 13.1 Å². The molecular weight excluding hydrogens is 522 g/mol. The molecule has 0 bridgehead atoms. The number of hydrogen-bond donors (Lipinski definition) is 2. The lowest BCUT2D eigenvalue weighted by Gasteiger charge is -2.47. The van der Waals surface area contributed by atoms with E-state index >= 15 is 0 Å². The Bertz CT molecular complexity index is 1560. The summed E-state index contributed by atoms with van der Waals surface area (Å²) in [5.41, 5.74) is 7.65. The molecule has 0 aromatic heterocycles. The van der Waals surface area contributed by atoms with Gasteiger partial charge in [0.2, 0.25) is 0 Å². The highest BCUT2D eigenvalue weighted by molar-refractivity contribution is 5.87. The van der Waals surface area contributed by atoms with Crippen LogP contribution in [-0.2, 0) is 26.2 Å². The number of phenolic OH excluding ortho intramolecular Hbond substituents is 1. The summed E-state index contributed by atoms with van der Waals surface area (Å²) in [6.45, 7) is 9.86. The van der Waals surface area contributed by atoms with Crippen LogP contribution < -0.4 is 0 Å². The molecule has 6 nitrogen and oxygen atoms in total. The molecule has 0 spiro atoms. The van der Waals surface area contributed by atoms with Crippen LogP contribution in [0.3, 0.4) is 0 Å². The summed E-state index contributed by atoms with van der Waals surface area (Å²) < 4.78 is 0. The average molecular weight is 562 g/mol. The van der Waals surface area contributed by atoms with Gasteiger partial charge in [0, 0.05) is 51.4 Å². The first-order chi connectivity index (χ1) is 20.3. The van der Waals surface area contributed by atoms with Gasteiger partial charge in [-0.1, -0.05) is 72.8 Å². The van der Waals surface area contributed by atoms with Crippen molar-refractivity contribution < 1.29 is 15.0 Å². The van der Waals surface area contributed by atoms with Crippen LogP contribution in [0.2, 0.25) is 0 Å². The molecule has 4 aromatic rings. The van der Waals surface area contributed by atoms with E-state index in [-0.39, 0.29) is 11.8 Å². The van der Waals surface area contributed by atoms with Gasteiger partial charge in [-0.15, -0.1) is 0 Å². The molecule has 1 unspecified atom stereocenters. The Hall–Kier alpha value is -3.97. The first-order valence-corrected chi connectivity index (χ1v) is 14.8. The van der Waals surface area contributed by atoms with Gasteiger partial charge in [0.25, 0.3) is 0 Å². The van der Waals surface area contributed by atoms with E-state index < -0.39 is 5.97 Å². The monoisotopic (exact) mass is 561 g/mol. The number of piperazine rings is 1. The Morgan fingerprint density at radius 3 is 2.29 bits per heavy atom. The predicted octanol–water partition coefficient (Wildman–Crippen LogP) is 6.29. The zero-order valence-corrected chi connectivity index (χ0v) is 24.4. The number of carboxylic acids is 1. The SMILES string of the molecule is C[C@@H]1CN(C(c2cccc(O)c2)c2ccc3c(c2)CN(Cc2cccc(C(=O)O)c2)C3)[C@@H](C)CN1Cc1ccccc1. The van der Waals surface area contributed by atoms with Gasteiger partial charge >= 0.3 is 5.97 Å². The minimum absolute atomic E-state index is 0.0278. The summed E-state index contributed by atoms with van der Waals surface area (Å²) in [6, 6.07) is 33.3. The van der Waals surface area contributed by atoms with Crippen molar-refractivity contribution in [1.82, 2.24) is 14.7 Å². The van der Waals surface area contributed by atoms with Crippen molar-refractivity contribution in [3.05, 3.63) is 136 Å². The van der Waals surface area contributed by atoms with Gasteiger partial charge in [-0.2, -0.15) is 0 Å². The lowest BCUT2D eigenvalue weighted by Crippen LogP contribution is -2.56. The molecule has 1 fully saturated rings. The molecule has 4 aromatic carbocycles. The predicted molar refractivity (Wildman–Crippen MR) is 165 cm³/mol. The molecule has 1 saturated heterocycles. The number of nitrogens with zero attached hydrogens (tertiary/aromatic N) is 3. The van der Waals surface area contributed by atoms with Gasteiger partial charge in [-0.3, -0.25) is 14.7 Å². The van der Waals surface area contributed by atoms with E-state index in [2.05, 4.69) is 83.1 Å². The number of phenols is 1. The van der Waals surface area contributed by atoms with Crippen molar-refractivity contribution in [2.24, 2.45) is 0 Å². The summed E-state index contributed by atoms with van der Waals surface area (Å²) in [5, 5.41) is 19.8. The molecule has 0 aliphatic carbocycles. The molecule has 42 heavy (non-hydrogen) atoms. The fourth-order valence-electron chi connectivity index (χ4n) is 6.72. The summed E-state index contributed by atoms with van der Waals surface area (Å²) in [6.07, 6.45) is 0. The molecule has 6 heteroatoms. The maximum absolute atomic E-state index is 11.4. The molecule has 6 rings (SSSR count). The minimum atomic E-state index is -0.895. The maximum Gasteiger partial charge on any atom is 0.335 e. The van der Waals surface area contributed by atoms with Crippen molar-refractivity contribution >= 4 is 5.97 Å². The highest BCUT2D eigenvalue weighted by atomic mass is 16.4. The summed E-state index contributed by atoms with van der Waals surface area (Å²) >= 11 is 0. The second kappa shape index (κ2) is 12.1. The van der Waals surface area contributed by atoms with Crippen molar-refractivity contribution in [2.45, 2.75) is 58.2 Å². The van der Waals surface area contributed by atoms with Gasteiger partial charge in [0.1, 0.15) is 5.75 Å². The third-order valence-electron chi connectivity index (χ3n) is 8.82. The zero-order valence-electron chi connectivity index (χ0n) is 24.4. The van der Waals surface area contributed by atoms with Crippen molar-refractivity contribution in [3.63, 3.8) is 0 Å². The molecule has 0 radical (unpaired) electrons. The largest absolute Gasteiger partial charge is 0.508 e. The van der Waals surface area contributed by atoms with Gasteiger partial charge in [-0.25, -0.2) is 4.79 Å². The van der Waals surface area contributed by atoms with Crippen LogP contribution in [0.4, 0.5) is 0 Å². The number of fused-ring (bicyclic) bond motifs is 1. The number of aromatic carboxylic acids is 1. The number of hydrogen-bond acceptors (Lipinski definition) is 5. The molecule has 2 aliphatic rings. The molecule has 216 valence electrons. The summed E-state index contributed by atoms with van der Waals surface area (Å²) in [5.74, 6) is -0.606. The highest BCUT2D eigenvalue weighted by Crippen LogP contribution is 2.37. The summed E-state index contributed by atoms with van der Waals surface area (Å²) in [4.78, 5) is 19.0. The zero-order chi connectivity index (χ0) is 29.2. The summed E-state index contributed by atoms with van der Waals surface area (Å²) in [7, 11) is 0.